The Morgan fingerprint density at radius 1 is 1.25 bits per heavy atom. The van der Waals surface area contributed by atoms with Crippen LogP contribution in [0.5, 0.6) is 0 Å². The van der Waals surface area contributed by atoms with Crippen molar-refractivity contribution in [1.82, 2.24) is 4.98 Å². The quantitative estimate of drug-likeness (QED) is 0.877. The van der Waals surface area contributed by atoms with E-state index in [1.807, 2.05) is 0 Å². The van der Waals surface area contributed by atoms with Gasteiger partial charge in [-0.25, -0.2) is 22.2 Å². The molecule has 1 aromatic carbocycles. The molecule has 0 spiro atoms. The van der Waals surface area contributed by atoms with Crippen molar-refractivity contribution in [2.24, 2.45) is 0 Å². The molecule has 9 heteroatoms. The number of nitrogens with one attached hydrogen (secondary N) is 1. The normalized spacial score (nSPS) is 11.3. The predicted molar refractivity (Wildman–Crippen MR) is 73.5 cm³/mol. The van der Waals surface area contributed by atoms with Crippen LogP contribution in [-0.2, 0) is 10.0 Å². The Morgan fingerprint density at radius 2 is 1.95 bits per heavy atom. The molecule has 0 unspecified atom stereocenters. The number of nitrogen functional groups attached to an aromatic ring is 1. The molecule has 5 nitrogen and oxygen atoms in total. The molecule has 0 amide bonds. The van der Waals surface area contributed by atoms with Crippen LogP contribution >= 0.6 is 15.9 Å². The van der Waals surface area contributed by atoms with Crippen molar-refractivity contribution in [3.63, 3.8) is 0 Å². The van der Waals surface area contributed by atoms with E-state index in [1.54, 1.807) is 0 Å². The number of halogens is 3. The van der Waals surface area contributed by atoms with Crippen LogP contribution in [0.1, 0.15) is 0 Å². The first-order chi connectivity index (χ1) is 9.29. The molecule has 0 saturated carbocycles. The molecule has 0 radical (unpaired) electrons. The fourth-order valence-electron chi connectivity index (χ4n) is 1.39. The average molecular weight is 364 g/mol. The average Bonchev–Trinajstić information content (AvgIpc) is 2.35. The molecule has 2 aromatic rings. The number of anilines is 2. The molecular weight excluding hydrogens is 356 g/mol. The van der Waals surface area contributed by atoms with Crippen LogP contribution in [0.4, 0.5) is 20.3 Å². The van der Waals surface area contributed by atoms with Crippen LogP contribution in [0.15, 0.2) is 39.8 Å². The van der Waals surface area contributed by atoms with Crippen LogP contribution < -0.4 is 10.5 Å². The molecule has 0 aliphatic heterocycles. The number of hydrogen-bond acceptors (Lipinski definition) is 4. The minimum absolute atomic E-state index is 0.0807. The van der Waals surface area contributed by atoms with Crippen molar-refractivity contribution in [1.29, 1.82) is 0 Å². The van der Waals surface area contributed by atoms with Crippen molar-refractivity contribution < 1.29 is 17.2 Å². The summed E-state index contributed by atoms with van der Waals surface area (Å²) in [6.45, 7) is 0. The van der Waals surface area contributed by atoms with Crippen molar-refractivity contribution in [3.05, 3.63) is 46.6 Å². The van der Waals surface area contributed by atoms with Gasteiger partial charge in [-0.2, -0.15) is 0 Å². The first-order valence-electron chi connectivity index (χ1n) is 5.18. The maximum absolute atomic E-state index is 13.5. The number of rotatable bonds is 3. The summed E-state index contributed by atoms with van der Waals surface area (Å²) in [4.78, 5) is 2.96. The first kappa shape index (κ1) is 14.7. The van der Waals surface area contributed by atoms with E-state index in [9.17, 15) is 17.2 Å². The van der Waals surface area contributed by atoms with Gasteiger partial charge in [0.2, 0.25) is 0 Å². The van der Waals surface area contributed by atoms with Gasteiger partial charge < -0.3 is 5.73 Å². The second-order valence-corrected chi connectivity index (χ2v) is 6.28. The molecular formula is C11H8BrF2N3O2S. The third kappa shape index (κ3) is 3.05. The van der Waals surface area contributed by atoms with E-state index in [-0.39, 0.29) is 10.3 Å². The standard InChI is InChI=1S/C11H8BrF2N3O2S/c12-8-4-7(15)5-16-11(8)17-20(18,19)10-3-6(13)1-2-9(10)14/h1-5H,15H2,(H,16,17). The summed E-state index contributed by atoms with van der Waals surface area (Å²) < 4.78 is 52.9. The highest BCUT2D eigenvalue weighted by atomic mass is 79.9. The van der Waals surface area contributed by atoms with Gasteiger partial charge in [-0.05, 0) is 40.2 Å². The number of hydrogen-bond donors (Lipinski definition) is 2. The number of aromatic nitrogens is 1. The summed E-state index contributed by atoms with van der Waals surface area (Å²) >= 11 is 3.07. The number of nitrogens with zero attached hydrogens (tertiary/aromatic N) is 1. The molecule has 106 valence electrons. The topological polar surface area (TPSA) is 85.1 Å². The fraction of sp³-hybridized carbons (Fsp3) is 0. The molecule has 1 aromatic heterocycles. The van der Waals surface area contributed by atoms with Crippen molar-refractivity contribution in [2.45, 2.75) is 4.90 Å². The summed E-state index contributed by atoms with van der Waals surface area (Å²) in [5.41, 5.74) is 5.78. The van der Waals surface area contributed by atoms with Crippen LogP contribution in [0, 0.1) is 11.6 Å². The van der Waals surface area contributed by atoms with Gasteiger partial charge in [-0.15, -0.1) is 0 Å². The molecule has 1 heterocycles. The van der Waals surface area contributed by atoms with Crippen molar-refractivity contribution in [3.8, 4) is 0 Å². The zero-order valence-corrected chi connectivity index (χ0v) is 12.2. The predicted octanol–water partition coefficient (Wildman–Crippen LogP) is 2.51. The summed E-state index contributed by atoms with van der Waals surface area (Å²) in [7, 11) is -4.30. The summed E-state index contributed by atoms with van der Waals surface area (Å²) in [6.07, 6.45) is 1.23. The highest BCUT2D eigenvalue weighted by Gasteiger charge is 2.21. The third-order valence-electron chi connectivity index (χ3n) is 2.28. The van der Waals surface area contributed by atoms with Crippen LogP contribution in [0.25, 0.3) is 0 Å². The lowest BCUT2D eigenvalue weighted by Gasteiger charge is -2.10. The summed E-state index contributed by atoms with van der Waals surface area (Å²) in [6, 6.07) is 3.57. The molecule has 0 aliphatic carbocycles. The minimum atomic E-state index is -4.30. The van der Waals surface area contributed by atoms with Gasteiger partial charge in [0.15, 0.2) is 5.82 Å². The molecule has 2 rings (SSSR count). The van der Waals surface area contributed by atoms with Crippen molar-refractivity contribution in [2.75, 3.05) is 10.5 Å². The Kier molecular flexibility index (Phi) is 3.91. The molecule has 0 saturated heterocycles. The first-order valence-corrected chi connectivity index (χ1v) is 7.46. The lowest BCUT2D eigenvalue weighted by Crippen LogP contribution is -2.16. The van der Waals surface area contributed by atoms with Crippen molar-refractivity contribution >= 4 is 37.5 Å². The van der Waals surface area contributed by atoms with E-state index in [2.05, 4.69) is 25.6 Å². The number of benzene rings is 1. The highest BCUT2D eigenvalue weighted by molar-refractivity contribution is 9.10. The van der Waals surface area contributed by atoms with Gasteiger partial charge >= 0.3 is 0 Å². The van der Waals surface area contributed by atoms with Gasteiger partial charge in [0.25, 0.3) is 10.0 Å². The Morgan fingerprint density at radius 3 is 2.60 bits per heavy atom. The largest absolute Gasteiger partial charge is 0.397 e. The lowest BCUT2D eigenvalue weighted by atomic mass is 10.3. The molecule has 0 fully saturated rings. The third-order valence-corrected chi connectivity index (χ3v) is 4.23. The van der Waals surface area contributed by atoms with Crippen LogP contribution in [0.2, 0.25) is 0 Å². The Balaban J connectivity index is 2.43. The fourth-order valence-corrected chi connectivity index (χ4v) is 3.11. The Bertz CT molecular complexity index is 768. The summed E-state index contributed by atoms with van der Waals surface area (Å²) in [5, 5.41) is 0. The highest BCUT2D eigenvalue weighted by Crippen LogP contribution is 2.25. The van der Waals surface area contributed by atoms with E-state index in [4.69, 9.17) is 5.73 Å². The second kappa shape index (κ2) is 5.33. The SMILES string of the molecule is Nc1cnc(NS(=O)(=O)c2cc(F)ccc2F)c(Br)c1. The number of nitrogens with two attached hydrogens (primary N) is 1. The summed E-state index contributed by atoms with van der Waals surface area (Å²) in [5.74, 6) is -2.01. The van der Waals surface area contributed by atoms with Crippen LogP contribution in [-0.4, -0.2) is 13.4 Å². The monoisotopic (exact) mass is 363 g/mol. The van der Waals surface area contributed by atoms with Gasteiger partial charge in [0, 0.05) is 0 Å². The molecule has 0 atom stereocenters. The molecule has 3 N–H and O–H groups in total. The van der Waals surface area contributed by atoms with Gasteiger partial charge in [-0.3, -0.25) is 4.72 Å². The maximum atomic E-state index is 13.5. The molecule has 0 aliphatic rings. The zero-order valence-electron chi connectivity index (χ0n) is 9.77. The van der Waals surface area contributed by atoms with E-state index in [1.165, 1.54) is 12.3 Å². The lowest BCUT2D eigenvalue weighted by molar-refractivity contribution is 0.555. The Labute approximate surface area is 122 Å². The Hall–Kier alpha value is -1.74. The molecule has 0 bridgehead atoms. The molecule has 20 heavy (non-hydrogen) atoms. The smallest absolute Gasteiger partial charge is 0.266 e. The zero-order chi connectivity index (χ0) is 14.9. The number of pyridine rings is 1. The maximum Gasteiger partial charge on any atom is 0.266 e. The van der Waals surface area contributed by atoms with E-state index >= 15 is 0 Å². The van der Waals surface area contributed by atoms with Gasteiger partial charge in [-0.1, -0.05) is 0 Å². The van der Waals surface area contributed by atoms with Gasteiger partial charge in [0.1, 0.15) is 16.5 Å². The minimum Gasteiger partial charge on any atom is -0.397 e. The second-order valence-electron chi connectivity index (χ2n) is 3.78. The van der Waals surface area contributed by atoms with Gasteiger partial charge in [0.05, 0.1) is 16.4 Å². The van der Waals surface area contributed by atoms with E-state index < -0.39 is 26.6 Å². The van der Waals surface area contributed by atoms with E-state index in [0.29, 0.717) is 11.8 Å². The van der Waals surface area contributed by atoms with Crippen LogP contribution in [0.3, 0.4) is 0 Å². The number of sulfonamides is 1. The van der Waals surface area contributed by atoms with E-state index in [0.717, 1.165) is 12.1 Å².